The van der Waals surface area contributed by atoms with Gasteiger partial charge in [0.1, 0.15) is 12.2 Å². The molecule has 2 N–H and O–H groups in total. The topological polar surface area (TPSA) is 73.8 Å². The normalized spacial score (nSPS) is 11.0. The molecule has 106 valence electrons. The van der Waals surface area contributed by atoms with Gasteiger partial charge in [0.25, 0.3) is 0 Å². The summed E-state index contributed by atoms with van der Waals surface area (Å²) in [6, 6.07) is 5.20. The molecule has 0 unspecified atom stereocenters. The van der Waals surface area contributed by atoms with E-state index in [1.807, 2.05) is 0 Å². The molecule has 0 spiro atoms. The van der Waals surface area contributed by atoms with Crippen LogP contribution < -0.4 is 5.73 Å². The molecular formula is C14H17BrN4O. The number of anilines is 1. The zero-order valence-corrected chi connectivity index (χ0v) is 13.1. The Morgan fingerprint density at radius 1 is 1.40 bits per heavy atom. The van der Waals surface area contributed by atoms with E-state index < -0.39 is 0 Å². The van der Waals surface area contributed by atoms with E-state index in [0.29, 0.717) is 23.0 Å². The van der Waals surface area contributed by atoms with Gasteiger partial charge in [0.05, 0.1) is 6.42 Å². The summed E-state index contributed by atoms with van der Waals surface area (Å²) in [6.45, 7) is 4.95. The fraction of sp³-hybridized carbons (Fsp3) is 0.357. The number of carbonyl (C=O) groups is 1. The third-order valence-corrected chi connectivity index (χ3v) is 3.25. The zero-order valence-electron chi connectivity index (χ0n) is 11.5. The fourth-order valence-corrected chi connectivity index (χ4v) is 2.45. The number of carbonyl (C=O) groups excluding carboxylic acids is 1. The summed E-state index contributed by atoms with van der Waals surface area (Å²) in [5, 5.41) is 4.16. The van der Waals surface area contributed by atoms with Gasteiger partial charge < -0.3 is 5.73 Å². The van der Waals surface area contributed by atoms with Gasteiger partial charge >= 0.3 is 0 Å². The lowest BCUT2D eigenvalue weighted by Crippen LogP contribution is -2.14. The summed E-state index contributed by atoms with van der Waals surface area (Å²) >= 11 is 3.34. The first-order chi connectivity index (χ1) is 9.45. The molecule has 0 radical (unpaired) electrons. The van der Waals surface area contributed by atoms with Crippen LogP contribution in [0.1, 0.15) is 30.0 Å². The van der Waals surface area contributed by atoms with Crippen molar-refractivity contribution in [3.63, 3.8) is 0 Å². The van der Waals surface area contributed by atoms with Gasteiger partial charge in [0.2, 0.25) is 0 Å². The summed E-state index contributed by atoms with van der Waals surface area (Å²) in [6.07, 6.45) is 1.71. The van der Waals surface area contributed by atoms with Crippen LogP contribution >= 0.6 is 15.9 Å². The van der Waals surface area contributed by atoms with Crippen LogP contribution in [0.4, 0.5) is 5.69 Å². The Hall–Kier alpha value is -1.69. The van der Waals surface area contributed by atoms with Crippen LogP contribution in [0.25, 0.3) is 0 Å². The van der Waals surface area contributed by atoms with Crippen LogP contribution in [0.3, 0.4) is 0 Å². The molecule has 1 aromatic heterocycles. The van der Waals surface area contributed by atoms with Gasteiger partial charge in [-0.3, -0.25) is 4.79 Å². The summed E-state index contributed by atoms with van der Waals surface area (Å²) in [7, 11) is 0. The number of nitrogens with two attached hydrogens (primary N) is 1. The number of benzene rings is 1. The number of nitrogens with zero attached hydrogens (tertiary/aromatic N) is 3. The quantitative estimate of drug-likeness (QED) is 0.672. The highest BCUT2D eigenvalue weighted by Crippen LogP contribution is 2.18. The van der Waals surface area contributed by atoms with Crippen LogP contribution in [0.5, 0.6) is 0 Å². The predicted molar refractivity (Wildman–Crippen MR) is 81.4 cm³/mol. The number of ketones is 1. The third kappa shape index (κ3) is 3.66. The number of rotatable bonds is 5. The minimum Gasteiger partial charge on any atom is -0.399 e. The number of hydrogen-bond donors (Lipinski definition) is 1. The highest BCUT2D eigenvalue weighted by atomic mass is 79.9. The van der Waals surface area contributed by atoms with E-state index in [1.165, 1.54) is 6.33 Å². The summed E-state index contributed by atoms with van der Waals surface area (Å²) in [5.74, 6) is 1.12. The first kappa shape index (κ1) is 14.7. The van der Waals surface area contributed by atoms with Crippen LogP contribution in [-0.4, -0.2) is 20.5 Å². The number of Topliss-reactive ketones (excluding diaryl/α,β-unsaturated/α-hetero) is 1. The molecule has 0 aliphatic carbocycles. The van der Waals surface area contributed by atoms with E-state index in [1.54, 1.807) is 22.9 Å². The molecule has 0 atom stereocenters. The van der Waals surface area contributed by atoms with Crippen molar-refractivity contribution >= 4 is 27.4 Å². The van der Waals surface area contributed by atoms with E-state index in [2.05, 4.69) is 39.9 Å². The second-order valence-electron chi connectivity index (χ2n) is 5.13. The van der Waals surface area contributed by atoms with Crippen LogP contribution in [-0.2, 0) is 13.0 Å². The maximum Gasteiger partial charge on any atom is 0.170 e. The predicted octanol–water partition coefficient (Wildman–Crippen LogP) is 2.70. The van der Waals surface area contributed by atoms with Crippen molar-refractivity contribution in [2.45, 2.75) is 26.8 Å². The first-order valence-electron chi connectivity index (χ1n) is 6.41. The SMILES string of the molecule is CC(C)Cn1ncnc1CC(=O)c1cc(N)cc(Br)c1. The van der Waals surface area contributed by atoms with E-state index in [-0.39, 0.29) is 12.2 Å². The standard InChI is InChI=1S/C14H17BrN4O/c1-9(2)7-19-14(17-8-18-19)6-13(20)10-3-11(15)5-12(16)4-10/h3-5,8-9H,6-7,16H2,1-2H3. The van der Waals surface area contributed by atoms with Gasteiger partial charge in [-0.25, -0.2) is 9.67 Å². The molecule has 5 nitrogen and oxygen atoms in total. The second kappa shape index (κ2) is 6.17. The van der Waals surface area contributed by atoms with E-state index in [4.69, 9.17) is 5.73 Å². The average molecular weight is 337 g/mol. The van der Waals surface area contributed by atoms with E-state index in [0.717, 1.165) is 11.0 Å². The fourth-order valence-electron chi connectivity index (χ4n) is 1.94. The molecule has 1 heterocycles. The van der Waals surface area contributed by atoms with Gasteiger partial charge in [-0.15, -0.1) is 0 Å². The van der Waals surface area contributed by atoms with Crippen LogP contribution in [0.2, 0.25) is 0 Å². The molecule has 1 aromatic carbocycles. The van der Waals surface area contributed by atoms with Crippen molar-refractivity contribution in [2.75, 3.05) is 5.73 Å². The Morgan fingerprint density at radius 3 is 2.80 bits per heavy atom. The molecule has 6 heteroatoms. The van der Waals surface area contributed by atoms with E-state index >= 15 is 0 Å². The lowest BCUT2D eigenvalue weighted by molar-refractivity contribution is 0.0989. The maximum atomic E-state index is 12.3. The molecule has 0 amide bonds. The lowest BCUT2D eigenvalue weighted by atomic mass is 10.1. The largest absolute Gasteiger partial charge is 0.399 e. The maximum absolute atomic E-state index is 12.3. The van der Waals surface area contributed by atoms with Crippen molar-refractivity contribution in [3.05, 3.63) is 40.4 Å². The van der Waals surface area contributed by atoms with Gasteiger partial charge in [0, 0.05) is 22.3 Å². The molecule has 0 aliphatic heterocycles. The first-order valence-corrected chi connectivity index (χ1v) is 7.21. The van der Waals surface area contributed by atoms with Gasteiger partial charge in [-0.05, 0) is 24.1 Å². The van der Waals surface area contributed by atoms with Crippen molar-refractivity contribution in [3.8, 4) is 0 Å². The van der Waals surface area contributed by atoms with Crippen LogP contribution in [0, 0.1) is 5.92 Å². The second-order valence-corrected chi connectivity index (χ2v) is 6.04. The molecule has 2 rings (SSSR count). The Kier molecular flexibility index (Phi) is 4.54. The Balaban J connectivity index is 2.17. The Labute approximate surface area is 126 Å². The monoisotopic (exact) mass is 336 g/mol. The Morgan fingerprint density at radius 2 is 2.15 bits per heavy atom. The number of aromatic nitrogens is 3. The lowest BCUT2D eigenvalue weighted by Gasteiger charge is -2.08. The summed E-state index contributed by atoms with van der Waals surface area (Å²) in [5.41, 5.74) is 6.89. The van der Waals surface area contributed by atoms with Crippen LogP contribution in [0.15, 0.2) is 29.0 Å². The smallest absolute Gasteiger partial charge is 0.170 e. The van der Waals surface area contributed by atoms with Gasteiger partial charge in [-0.1, -0.05) is 29.8 Å². The Bertz CT molecular complexity index is 601. The minimum absolute atomic E-state index is 0.0176. The zero-order chi connectivity index (χ0) is 14.7. The molecule has 0 saturated carbocycles. The number of halogens is 1. The number of hydrogen-bond acceptors (Lipinski definition) is 4. The van der Waals surface area contributed by atoms with Gasteiger partial charge in [0.15, 0.2) is 5.78 Å². The molecule has 20 heavy (non-hydrogen) atoms. The third-order valence-electron chi connectivity index (χ3n) is 2.79. The summed E-state index contributed by atoms with van der Waals surface area (Å²) < 4.78 is 2.58. The molecule has 2 aromatic rings. The highest BCUT2D eigenvalue weighted by Gasteiger charge is 2.14. The van der Waals surface area contributed by atoms with Crippen molar-refractivity contribution in [1.29, 1.82) is 0 Å². The molecule has 0 bridgehead atoms. The van der Waals surface area contributed by atoms with Crippen molar-refractivity contribution in [2.24, 2.45) is 5.92 Å². The minimum atomic E-state index is -0.0176. The molecule has 0 fully saturated rings. The molecule has 0 aliphatic rings. The number of nitrogen functional groups attached to an aromatic ring is 1. The van der Waals surface area contributed by atoms with Gasteiger partial charge in [-0.2, -0.15) is 5.10 Å². The highest BCUT2D eigenvalue weighted by molar-refractivity contribution is 9.10. The van der Waals surface area contributed by atoms with E-state index in [9.17, 15) is 4.79 Å². The summed E-state index contributed by atoms with van der Waals surface area (Å²) in [4.78, 5) is 16.5. The molecule has 0 saturated heterocycles. The van der Waals surface area contributed by atoms with Crippen molar-refractivity contribution in [1.82, 2.24) is 14.8 Å². The van der Waals surface area contributed by atoms with Crippen molar-refractivity contribution < 1.29 is 4.79 Å². The molecular weight excluding hydrogens is 320 g/mol. The average Bonchev–Trinajstić information content (AvgIpc) is 2.74.